The molecule has 0 radical (unpaired) electrons. The lowest BCUT2D eigenvalue weighted by atomic mass is 9.96. The van der Waals surface area contributed by atoms with Crippen molar-refractivity contribution in [3.8, 4) is 0 Å². The Labute approximate surface area is 206 Å². The van der Waals surface area contributed by atoms with Gasteiger partial charge in [0.2, 0.25) is 0 Å². The summed E-state index contributed by atoms with van der Waals surface area (Å²) in [6.45, 7) is 8.18. The number of amides is 1. The molecule has 2 aliphatic heterocycles. The van der Waals surface area contributed by atoms with Gasteiger partial charge in [0.05, 0.1) is 11.1 Å². The first-order valence-electron chi connectivity index (χ1n) is 12.5. The van der Waals surface area contributed by atoms with E-state index in [1.807, 2.05) is 42.5 Å². The lowest BCUT2D eigenvalue weighted by molar-refractivity contribution is -0.136. The molecule has 0 atom stereocenters. The third kappa shape index (κ3) is 5.21. The maximum atomic E-state index is 13.3. The number of hydrogen-bond acceptors (Lipinski definition) is 6. The lowest BCUT2D eigenvalue weighted by Gasteiger charge is -2.34. The molecule has 7 nitrogen and oxygen atoms in total. The molecule has 35 heavy (non-hydrogen) atoms. The summed E-state index contributed by atoms with van der Waals surface area (Å²) >= 11 is 0. The summed E-state index contributed by atoms with van der Waals surface area (Å²) in [5.74, 6) is -0.575. The van der Waals surface area contributed by atoms with Gasteiger partial charge in [-0.2, -0.15) is 0 Å². The zero-order valence-corrected chi connectivity index (χ0v) is 20.3. The number of carbonyl (C=O) groups excluding carboxylic acids is 2. The summed E-state index contributed by atoms with van der Waals surface area (Å²) in [4.78, 5) is 37.4. The first-order chi connectivity index (χ1) is 17.1. The lowest BCUT2D eigenvalue weighted by Crippen LogP contribution is -2.49. The molecule has 1 amide bonds. The molecule has 1 saturated heterocycles. The van der Waals surface area contributed by atoms with Gasteiger partial charge in [-0.1, -0.05) is 55.5 Å². The van der Waals surface area contributed by atoms with Crippen LogP contribution in [0.15, 0.2) is 54.6 Å². The van der Waals surface area contributed by atoms with Crippen LogP contribution in [-0.2, 0) is 29.0 Å². The van der Waals surface area contributed by atoms with Crippen LogP contribution in [0.25, 0.3) is 10.9 Å². The minimum atomic E-state index is -0.436. The number of hydrogen-bond donors (Lipinski definition) is 0. The minimum Gasteiger partial charge on any atom is -0.452 e. The van der Waals surface area contributed by atoms with Crippen molar-refractivity contribution in [2.45, 2.75) is 26.4 Å². The van der Waals surface area contributed by atoms with Crippen molar-refractivity contribution in [3.63, 3.8) is 0 Å². The number of ether oxygens (including phenoxy) is 1. The summed E-state index contributed by atoms with van der Waals surface area (Å²) in [7, 11) is 0. The number of nitrogens with zero attached hydrogens (tertiary/aromatic N) is 4. The Kier molecular flexibility index (Phi) is 7.06. The molecule has 1 fully saturated rings. The number of likely N-dealkylation sites (N-methyl/N-ethyl adjacent to an activating group) is 1. The standard InChI is InChI=1S/C28H32N4O3/c1-2-30-13-12-25-23(19-30)27(22-10-6-7-11-24(22)29-25)28(34)35-20-26(33)32-16-14-31(15-17-32)18-21-8-4-3-5-9-21/h3-11H,2,12-20H2,1H3. The van der Waals surface area contributed by atoms with E-state index in [1.165, 1.54) is 5.56 Å². The SMILES string of the molecule is CCN1CCc2nc3ccccc3c(C(=O)OCC(=O)N3CCN(Cc4ccccc4)CC3)c2C1. The number of carbonyl (C=O) groups is 2. The Morgan fingerprint density at radius 3 is 2.43 bits per heavy atom. The fourth-order valence-electron chi connectivity index (χ4n) is 5.04. The van der Waals surface area contributed by atoms with Crippen LogP contribution in [0, 0.1) is 0 Å². The molecule has 0 bridgehead atoms. The quantitative estimate of drug-likeness (QED) is 0.514. The van der Waals surface area contributed by atoms with Gasteiger partial charge in [0.25, 0.3) is 5.91 Å². The average Bonchev–Trinajstić information content (AvgIpc) is 2.91. The van der Waals surface area contributed by atoms with Gasteiger partial charge in [-0.05, 0) is 18.2 Å². The normalized spacial score (nSPS) is 16.8. The van der Waals surface area contributed by atoms with Crippen LogP contribution >= 0.6 is 0 Å². The molecule has 1 aromatic heterocycles. The van der Waals surface area contributed by atoms with Crippen molar-refractivity contribution in [3.05, 3.63) is 77.0 Å². The van der Waals surface area contributed by atoms with Crippen LogP contribution in [0.5, 0.6) is 0 Å². The highest BCUT2D eigenvalue weighted by Gasteiger charge is 2.27. The molecule has 0 aliphatic carbocycles. The fourth-order valence-corrected chi connectivity index (χ4v) is 5.04. The molecule has 0 saturated carbocycles. The van der Waals surface area contributed by atoms with Crippen LogP contribution in [-0.4, -0.2) is 77.4 Å². The molecule has 182 valence electrons. The maximum absolute atomic E-state index is 13.3. The molecular formula is C28H32N4O3. The smallest absolute Gasteiger partial charge is 0.339 e. The molecule has 2 aliphatic rings. The van der Waals surface area contributed by atoms with E-state index in [4.69, 9.17) is 9.72 Å². The number of para-hydroxylation sites is 1. The largest absolute Gasteiger partial charge is 0.452 e. The van der Waals surface area contributed by atoms with Gasteiger partial charge in [0.1, 0.15) is 0 Å². The molecule has 5 rings (SSSR count). The number of benzene rings is 2. The molecule has 0 N–H and O–H groups in total. The Morgan fingerprint density at radius 1 is 0.914 bits per heavy atom. The van der Waals surface area contributed by atoms with Crippen LogP contribution < -0.4 is 0 Å². The Hall–Kier alpha value is -3.29. The zero-order chi connectivity index (χ0) is 24.2. The van der Waals surface area contributed by atoms with Gasteiger partial charge >= 0.3 is 5.97 Å². The molecule has 3 heterocycles. The molecule has 0 spiro atoms. The highest BCUT2D eigenvalue weighted by Crippen LogP contribution is 2.28. The second kappa shape index (κ2) is 10.5. The van der Waals surface area contributed by atoms with Crippen molar-refractivity contribution < 1.29 is 14.3 Å². The van der Waals surface area contributed by atoms with Gasteiger partial charge in [-0.3, -0.25) is 19.6 Å². The zero-order valence-electron chi connectivity index (χ0n) is 20.3. The monoisotopic (exact) mass is 472 g/mol. The number of fused-ring (bicyclic) bond motifs is 2. The second-order valence-electron chi connectivity index (χ2n) is 9.27. The summed E-state index contributed by atoms with van der Waals surface area (Å²) in [5.41, 5.74) is 4.52. The Balaban J connectivity index is 1.24. The number of esters is 1. The summed E-state index contributed by atoms with van der Waals surface area (Å²) in [5, 5.41) is 0.788. The van der Waals surface area contributed by atoms with Gasteiger partial charge in [-0.25, -0.2) is 4.79 Å². The summed E-state index contributed by atoms with van der Waals surface area (Å²) in [6.07, 6.45) is 0.806. The van der Waals surface area contributed by atoms with Crippen molar-refractivity contribution in [1.82, 2.24) is 19.7 Å². The van der Waals surface area contributed by atoms with E-state index < -0.39 is 5.97 Å². The van der Waals surface area contributed by atoms with Gasteiger partial charge in [-0.15, -0.1) is 0 Å². The van der Waals surface area contributed by atoms with Gasteiger partial charge in [0, 0.05) is 68.9 Å². The van der Waals surface area contributed by atoms with Crippen LogP contribution in [0.2, 0.25) is 0 Å². The third-order valence-corrected chi connectivity index (χ3v) is 7.08. The minimum absolute atomic E-state index is 0.139. The van der Waals surface area contributed by atoms with Crippen molar-refractivity contribution in [1.29, 1.82) is 0 Å². The molecular weight excluding hydrogens is 440 g/mol. The van der Waals surface area contributed by atoms with Gasteiger partial charge < -0.3 is 9.64 Å². The highest BCUT2D eigenvalue weighted by molar-refractivity contribution is 6.05. The molecule has 3 aromatic rings. The van der Waals surface area contributed by atoms with Crippen molar-refractivity contribution >= 4 is 22.8 Å². The first-order valence-corrected chi connectivity index (χ1v) is 12.5. The van der Waals surface area contributed by atoms with Crippen molar-refractivity contribution in [2.24, 2.45) is 0 Å². The Morgan fingerprint density at radius 2 is 1.66 bits per heavy atom. The predicted octanol–water partition coefficient (Wildman–Crippen LogP) is 3.11. The summed E-state index contributed by atoms with van der Waals surface area (Å²) in [6, 6.07) is 18.0. The maximum Gasteiger partial charge on any atom is 0.339 e. The van der Waals surface area contributed by atoms with E-state index in [9.17, 15) is 9.59 Å². The topological polar surface area (TPSA) is 66.0 Å². The molecule has 0 unspecified atom stereocenters. The Bertz CT molecular complexity index is 1210. The highest BCUT2D eigenvalue weighted by atomic mass is 16.5. The predicted molar refractivity (Wildman–Crippen MR) is 135 cm³/mol. The van der Waals surface area contributed by atoms with Crippen LogP contribution in [0.1, 0.15) is 34.1 Å². The van der Waals surface area contributed by atoms with E-state index in [-0.39, 0.29) is 12.5 Å². The van der Waals surface area contributed by atoms with E-state index in [0.717, 1.165) is 61.3 Å². The third-order valence-electron chi connectivity index (χ3n) is 7.08. The first kappa shape index (κ1) is 23.5. The summed E-state index contributed by atoms with van der Waals surface area (Å²) < 4.78 is 5.62. The molecule has 7 heteroatoms. The van der Waals surface area contributed by atoms with Crippen LogP contribution in [0.3, 0.4) is 0 Å². The van der Waals surface area contributed by atoms with Crippen LogP contribution in [0.4, 0.5) is 0 Å². The van der Waals surface area contributed by atoms with E-state index in [2.05, 4.69) is 28.9 Å². The van der Waals surface area contributed by atoms with Gasteiger partial charge in [0.15, 0.2) is 6.61 Å². The second-order valence-corrected chi connectivity index (χ2v) is 9.27. The average molecular weight is 473 g/mol. The van der Waals surface area contributed by atoms with E-state index in [1.54, 1.807) is 4.90 Å². The number of aromatic nitrogens is 1. The molecule has 2 aromatic carbocycles. The van der Waals surface area contributed by atoms with Crippen molar-refractivity contribution in [2.75, 3.05) is 45.9 Å². The van der Waals surface area contributed by atoms with E-state index in [0.29, 0.717) is 25.2 Å². The number of piperazine rings is 1. The number of pyridine rings is 1. The van der Waals surface area contributed by atoms with E-state index >= 15 is 0 Å². The fraction of sp³-hybridized carbons (Fsp3) is 0.393. The number of rotatable bonds is 6.